The van der Waals surface area contributed by atoms with Crippen molar-refractivity contribution in [2.24, 2.45) is 11.1 Å². The summed E-state index contributed by atoms with van der Waals surface area (Å²) >= 11 is 0. The van der Waals surface area contributed by atoms with Crippen LogP contribution in [0.4, 0.5) is 0 Å². The second-order valence-electron chi connectivity index (χ2n) is 9.33. The smallest absolute Gasteiger partial charge is 0.132 e. The first-order chi connectivity index (χ1) is 14.6. The molecule has 2 heterocycles. The molecule has 2 N–H and O–H groups in total. The number of benzene rings is 2. The van der Waals surface area contributed by atoms with Gasteiger partial charge in [-0.1, -0.05) is 53.7 Å². The summed E-state index contributed by atoms with van der Waals surface area (Å²) in [5.74, 6) is 0.131. The second kappa shape index (κ2) is 7.33. The summed E-state index contributed by atoms with van der Waals surface area (Å²) in [5.41, 5.74) is 4.22. The summed E-state index contributed by atoms with van der Waals surface area (Å²) in [6.45, 7) is 1.80. The van der Waals surface area contributed by atoms with Crippen molar-refractivity contribution in [3.63, 3.8) is 0 Å². The molecule has 30 heavy (non-hydrogen) atoms. The maximum absolute atomic E-state index is 12.4. The molecule has 3 atom stereocenters. The van der Waals surface area contributed by atoms with E-state index in [1.165, 1.54) is 22.2 Å². The van der Waals surface area contributed by atoms with Gasteiger partial charge in [0.2, 0.25) is 0 Å². The molecular formula is C25H30N4O. The maximum Gasteiger partial charge on any atom is 0.132 e. The highest BCUT2D eigenvalue weighted by Crippen LogP contribution is 2.53. The monoisotopic (exact) mass is 402 g/mol. The maximum atomic E-state index is 12.4. The molecule has 0 amide bonds. The quantitative estimate of drug-likeness (QED) is 0.630. The third kappa shape index (κ3) is 2.91. The van der Waals surface area contributed by atoms with Crippen LogP contribution in [0.2, 0.25) is 0 Å². The lowest BCUT2D eigenvalue weighted by atomic mass is 9.61. The van der Waals surface area contributed by atoms with Gasteiger partial charge in [-0.05, 0) is 57.0 Å². The molecule has 5 nitrogen and oxygen atoms in total. The minimum Gasteiger partial charge on any atom is -0.357 e. The molecule has 2 aromatic carbocycles. The first-order valence-electron chi connectivity index (χ1n) is 11.0. The predicted molar refractivity (Wildman–Crippen MR) is 121 cm³/mol. The minimum absolute atomic E-state index is 0.129. The standard InChI is InChI=1S/C25H30N4O/c1-29(2)17-19-16-24(13-14-25(19,28-30)18-8-4-3-5-9-18)23-21(12-15-26-24)20-10-6-7-11-22(20)27-23/h3-11,19,26-27H,12-17H2,1-2H3. The van der Waals surface area contributed by atoms with E-state index in [0.29, 0.717) is 0 Å². The number of hydrogen-bond donors (Lipinski definition) is 2. The van der Waals surface area contributed by atoms with Gasteiger partial charge < -0.3 is 15.2 Å². The van der Waals surface area contributed by atoms with Gasteiger partial charge in [-0.25, -0.2) is 0 Å². The van der Waals surface area contributed by atoms with E-state index >= 15 is 0 Å². The van der Waals surface area contributed by atoms with Crippen molar-refractivity contribution >= 4 is 10.9 Å². The van der Waals surface area contributed by atoms with Crippen molar-refractivity contribution in [3.05, 3.63) is 76.3 Å². The molecule has 0 bridgehead atoms. The predicted octanol–water partition coefficient (Wildman–Crippen LogP) is 4.53. The van der Waals surface area contributed by atoms with Crippen molar-refractivity contribution in [2.45, 2.75) is 36.8 Å². The van der Waals surface area contributed by atoms with E-state index in [0.717, 1.165) is 44.3 Å². The lowest BCUT2D eigenvalue weighted by Crippen LogP contribution is -2.56. The fraction of sp³-hybridized carbons (Fsp3) is 0.440. The SMILES string of the molecule is CN(C)CC1CC2(CCC1(N=O)c1ccccc1)NCCc1c2[nH]c2ccccc12. The van der Waals surface area contributed by atoms with Gasteiger partial charge in [0.1, 0.15) is 5.54 Å². The fourth-order valence-corrected chi connectivity index (χ4v) is 6.01. The zero-order chi connectivity index (χ0) is 20.8. The van der Waals surface area contributed by atoms with Gasteiger partial charge in [-0.2, -0.15) is 0 Å². The summed E-state index contributed by atoms with van der Waals surface area (Å²) in [5, 5.41) is 9.06. The molecule has 5 rings (SSSR count). The topological polar surface area (TPSA) is 60.5 Å². The Labute approximate surface area is 177 Å². The summed E-state index contributed by atoms with van der Waals surface area (Å²) < 4.78 is 0. The van der Waals surface area contributed by atoms with E-state index in [2.05, 4.69) is 70.9 Å². The second-order valence-corrected chi connectivity index (χ2v) is 9.33. The Hall–Kier alpha value is -2.50. The Morgan fingerprint density at radius 2 is 1.83 bits per heavy atom. The van der Waals surface area contributed by atoms with Crippen LogP contribution in [0, 0.1) is 10.8 Å². The van der Waals surface area contributed by atoms with Crippen LogP contribution in [0.1, 0.15) is 36.1 Å². The van der Waals surface area contributed by atoms with Gasteiger partial charge in [0.15, 0.2) is 0 Å². The fourth-order valence-electron chi connectivity index (χ4n) is 6.01. The molecule has 1 fully saturated rings. The number of nitrogens with one attached hydrogen (secondary N) is 2. The number of para-hydroxylation sites is 1. The molecule has 1 aromatic heterocycles. The number of rotatable bonds is 4. The van der Waals surface area contributed by atoms with E-state index in [9.17, 15) is 4.91 Å². The normalized spacial score (nSPS) is 28.7. The first-order valence-corrected chi connectivity index (χ1v) is 11.0. The van der Waals surface area contributed by atoms with Gasteiger partial charge in [-0.15, -0.1) is 4.91 Å². The number of nitrogens with zero attached hydrogens (tertiary/aromatic N) is 2. The molecule has 0 radical (unpaired) electrons. The van der Waals surface area contributed by atoms with Gasteiger partial charge in [0.25, 0.3) is 0 Å². The number of fused-ring (bicyclic) bond motifs is 4. The molecule has 5 heteroatoms. The van der Waals surface area contributed by atoms with Crippen LogP contribution in [-0.4, -0.2) is 37.1 Å². The van der Waals surface area contributed by atoms with Crippen LogP contribution in [0.25, 0.3) is 10.9 Å². The Morgan fingerprint density at radius 1 is 1.07 bits per heavy atom. The lowest BCUT2D eigenvalue weighted by molar-refractivity contribution is 0.0690. The minimum atomic E-state index is -0.678. The molecule has 1 saturated carbocycles. The zero-order valence-electron chi connectivity index (χ0n) is 17.8. The number of hydrogen-bond acceptors (Lipinski definition) is 4. The number of aromatic nitrogens is 1. The van der Waals surface area contributed by atoms with Gasteiger partial charge in [0, 0.05) is 35.6 Å². The summed E-state index contributed by atoms with van der Waals surface area (Å²) in [6.07, 6.45) is 3.58. The Morgan fingerprint density at radius 3 is 2.60 bits per heavy atom. The van der Waals surface area contributed by atoms with Crippen molar-refractivity contribution in [2.75, 3.05) is 27.2 Å². The van der Waals surface area contributed by atoms with E-state index in [4.69, 9.17) is 0 Å². The van der Waals surface area contributed by atoms with Crippen LogP contribution in [-0.2, 0) is 17.5 Å². The van der Waals surface area contributed by atoms with Crippen LogP contribution in [0.15, 0.2) is 59.8 Å². The van der Waals surface area contributed by atoms with Crippen molar-refractivity contribution in [1.82, 2.24) is 15.2 Å². The molecule has 3 aromatic rings. The summed E-state index contributed by atoms with van der Waals surface area (Å²) in [6, 6.07) is 18.8. The third-order valence-corrected chi connectivity index (χ3v) is 7.36. The number of aromatic amines is 1. The van der Waals surface area contributed by atoms with E-state index in [-0.39, 0.29) is 11.5 Å². The molecule has 1 aliphatic carbocycles. The van der Waals surface area contributed by atoms with Crippen LogP contribution in [0.3, 0.4) is 0 Å². The van der Waals surface area contributed by atoms with Crippen molar-refractivity contribution < 1.29 is 0 Å². The van der Waals surface area contributed by atoms with Crippen molar-refractivity contribution in [1.29, 1.82) is 0 Å². The Kier molecular flexibility index (Phi) is 4.75. The van der Waals surface area contributed by atoms with Gasteiger partial charge >= 0.3 is 0 Å². The van der Waals surface area contributed by atoms with E-state index < -0.39 is 5.54 Å². The molecule has 1 aliphatic heterocycles. The Bertz CT molecular complexity index is 1060. The highest BCUT2D eigenvalue weighted by Gasteiger charge is 2.53. The zero-order valence-corrected chi connectivity index (χ0v) is 17.8. The lowest BCUT2D eigenvalue weighted by Gasteiger charge is -2.51. The van der Waals surface area contributed by atoms with Crippen LogP contribution in [0.5, 0.6) is 0 Å². The average Bonchev–Trinajstić information content (AvgIpc) is 3.15. The molecule has 0 saturated heterocycles. The first kappa shape index (κ1) is 19.5. The van der Waals surface area contributed by atoms with Crippen LogP contribution < -0.4 is 5.32 Å². The molecule has 156 valence electrons. The van der Waals surface area contributed by atoms with E-state index in [1.54, 1.807) is 0 Å². The molecule has 1 spiro atoms. The highest BCUT2D eigenvalue weighted by molar-refractivity contribution is 5.85. The van der Waals surface area contributed by atoms with E-state index in [1.807, 2.05) is 18.2 Å². The average molecular weight is 403 g/mol. The summed E-state index contributed by atoms with van der Waals surface area (Å²) in [7, 11) is 4.18. The van der Waals surface area contributed by atoms with Gasteiger partial charge in [0.05, 0.1) is 5.54 Å². The largest absolute Gasteiger partial charge is 0.357 e. The molecule has 2 aliphatic rings. The molecular weight excluding hydrogens is 372 g/mol. The number of nitroso groups, excluding NO2 is 1. The molecule has 3 unspecified atom stereocenters. The number of H-pyrrole nitrogens is 1. The third-order valence-electron chi connectivity index (χ3n) is 7.36. The Balaban J connectivity index is 1.60. The van der Waals surface area contributed by atoms with Gasteiger partial charge in [-0.3, -0.25) is 0 Å². The highest BCUT2D eigenvalue weighted by atomic mass is 16.3. The summed E-state index contributed by atoms with van der Waals surface area (Å²) in [4.78, 5) is 18.4. The van der Waals surface area contributed by atoms with Crippen molar-refractivity contribution in [3.8, 4) is 0 Å². The van der Waals surface area contributed by atoms with Crippen LogP contribution >= 0.6 is 0 Å².